The van der Waals surface area contributed by atoms with Crippen LogP contribution in [0.15, 0.2) is 36.4 Å². The van der Waals surface area contributed by atoms with Crippen LogP contribution in [0.1, 0.15) is 38.8 Å². The van der Waals surface area contributed by atoms with E-state index in [9.17, 15) is 19.7 Å². The van der Waals surface area contributed by atoms with Gasteiger partial charge in [-0.25, -0.2) is 4.79 Å². The largest absolute Gasteiger partial charge is 0.462 e. The van der Waals surface area contributed by atoms with E-state index in [1.54, 1.807) is 13.0 Å². The van der Waals surface area contributed by atoms with E-state index in [0.717, 1.165) is 54.4 Å². The Balaban J connectivity index is 1.83. The fraction of sp³-hybridized carbons (Fsp3) is 0.364. The second-order valence-electron chi connectivity index (χ2n) is 7.18. The monoisotopic (exact) mass is 443 g/mol. The summed E-state index contributed by atoms with van der Waals surface area (Å²) in [5, 5.41) is 14.1. The van der Waals surface area contributed by atoms with Gasteiger partial charge in [-0.15, -0.1) is 0 Å². The Kier molecular flexibility index (Phi) is 7.64. The second-order valence-corrected chi connectivity index (χ2v) is 8.40. The number of ether oxygens (including phenoxy) is 1. The van der Waals surface area contributed by atoms with Crippen LogP contribution in [0.2, 0.25) is 0 Å². The molecule has 2 aromatic carbocycles. The molecule has 1 aliphatic heterocycles. The lowest BCUT2D eigenvalue weighted by Gasteiger charge is -2.27. The highest BCUT2D eigenvalue weighted by molar-refractivity contribution is 7.99. The maximum absolute atomic E-state index is 12.9. The van der Waals surface area contributed by atoms with Crippen LogP contribution < -0.4 is 5.32 Å². The van der Waals surface area contributed by atoms with Gasteiger partial charge in [0.05, 0.1) is 17.1 Å². The van der Waals surface area contributed by atoms with E-state index in [1.165, 1.54) is 6.07 Å². The Morgan fingerprint density at radius 3 is 2.58 bits per heavy atom. The zero-order chi connectivity index (χ0) is 22.4. The van der Waals surface area contributed by atoms with E-state index in [4.69, 9.17) is 4.74 Å². The minimum Gasteiger partial charge on any atom is -0.462 e. The van der Waals surface area contributed by atoms with E-state index in [1.807, 2.05) is 30.8 Å². The lowest BCUT2D eigenvalue weighted by atomic mass is 10.0. The number of esters is 1. The summed E-state index contributed by atoms with van der Waals surface area (Å²) < 4.78 is 4.92. The molecule has 9 heteroatoms. The molecule has 1 N–H and O–H groups in total. The van der Waals surface area contributed by atoms with E-state index >= 15 is 0 Å². The van der Waals surface area contributed by atoms with Crippen molar-refractivity contribution in [3.63, 3.8) is 0 Å². The summed E-state index contributed by atoms with van der Waals surface area (Å²) in [6.45, 7) is 6.59. The van der Waals surface area contributed by atoms with E-state index in [2.05, 4.69) is 10.2 Å². The number of nitrogens with one attached hydrogen (secondary N) is 1. The molecule has 0 bridgehead atoms. The number of benzene rings is 2. The molecule has 0 atom stereocenters. The van der Waals surface area contributed by atoms with Gasteiger partial charge in [0.2, 0.25) is 0 Å². The van der Waals surface area contributed by atoms with Crippen LogP contribution in [0.25, 0.3) is 0 Å². The van der Waals surface area contributed by atoms with Crippen LogP contribution in [-0.2, 0) is 11.3 Å². The van der Waals surface area contributed by atoms with Crippen LogP contribution in [-0.4, -0.2) is 52.9 Å². The van der Waals surface area contributed by atoms with Gasteiger partial charge in [-0.3, -0.25) is 19.8 Å². The average Bonchev–Trinajstić information content (AvgIpc) is 2.77. The number of hydrogen-bond acceptors (Lipinski definition) is 7. The first kappa shape index (κ1) is 22.8. The van der Waals surface area contributed by atoms with Crippen LogP contribution in [0.3, 0.4) is 0 Å². The number of carbonyl (C=O) groups excluding carboxylic acids is 2. The molecule has 0 spiro atoms. The molecule has 3 rings (SSSR count). The topological polar surface area (TPSA) is 102 Å². The Labute approximate surface area is 185 Å². The van der Waals surface area contributed by atoms with Crippen LogP contribution in [0, 0.1) is 17.0 Å². The molecule has 31 heavy (non-hydrogen) atoms. The standard InChI is InChI=1S/C22H25N3O5S/c1-3-30-22(27)18-11-17(12-19(13-18)25(28)29)21(26)23-20-6-4-5-16(15(20)2)14-24-7-9-31-10-8-24/h4-6,11-13H,3,7-10,14H2,1-2H3,(H,23,26). The highest BCUT2D eigenvalue weighted by Crippen LogP contribution is 2.24. The van der Waals surface area contributed by atoms with Crippen molar-refractivity contribution in [3.8, 4) is 0 Å². The third kappa shape index (κ3) is 5.83. The first-order valence-corrected chi connectivity index (χ1v) is 11.2. The number of carbonyl (C=O) groups is 2. The van der Waals surface area contributed by atoms with Gasteiger partial charge in [0.25, 0.3) is 11.6 Å². The highest BCUT2D eigenvalue weighted by atomic mass is 32.2. The highest BCUT2D eigenvalue weighted by Gasteiger charge is 2.20. The fourth-order valence-corrected chi connectivity index (χ4v) is 4.34. The maximum atomic E-state index is 12.9. The molecule has 164 valence electrons. The summed E-state index contributed by atoms with van der Waals surface area (Å²) >= 11 is 1.95. The predicted octanol–water partition coefficient (Wildman–Crippen LogP) is 3.88. The molecule has 1 aliphatic rings. The normalized spacial score (nSPS) is 14.1. The summed E-state index contributed by atoms with van der Waals surface area (Å²) in [5.41, 5.74) is 2.35. The van der Waals surface area contributed by atoms with Crippen molar-refractivity contribution in [2.75, 3.05) is 36.5 Å². The molecule has 0 aromatic heterocycles. The van der Waals surface area contributed by atoms with Crippen molar-refractivity contribution < 1.29 is 19.2 Å². The zero-order valence-corrected chi connectivity index (χ0v) is 18.4. The smallest absolute Gasteiger partial charge is 0.338 e. The summed E-state index contributed by atoms with van der Waals surface area (Å²) in [7, 11) is 0. The quantitative estimate of drug-likeness (QED) is 0.394. The van der Waals surface area contributed by atoms with Gasteiger partial charge < -0.3 is 10.1 Å². The third-order valence-corrected chi connectivity index (χ3v) is 6.04. The van der Waals surface area contributed by atoms with E-state index < -0.39 is 16.8 Å². The lowest BCUT2D eigenvalue weighted by Crippen LogP contribution is -2.32. The summed E-state index contributed by atoms with van der Waals surface area (Å²) in [4.78, 5) is 38.0. The number of hydrogen-bond donors (Lipinski definition) is 1. The SMILES string of the molecule is CCOC(=O)c1cc(C(=O)Nc2cccc(CN3CCSCC3)c2C)cc([N+](=O)[O-])c1. The first-order valence-electron chi connectivity index (χ1n) is 10.1. The second kappa shape index (κ2) is 10.4. The average molecular weight is 444 g/mol. The van der Waals surface area contributed by atoms with Gasteiger partial charge in [-0.2, -0.15) is 11.8 Å². The number of non-ortho nitro benzene ring substituents is 1. The molecule has 1 heterocycles. The van der Waals surface area contributed by atoms with Gasteiger partial charge >= 0.3 is 5.97 Å². The number of amides is 1. The lowest BCUT2D eigenvalue weighted by molar-refractivity contribution is -0.384. The third-order valence-electron chi connectivity index (χ3n) is 5.09. The molecule has 2 aromatic rings. The molecule has 1 amide bonds. The molecule has 0 unspecified atom stereocenters. The van der Waals surface area contributed by atoms with E-state index in [0.29, 0.717) is 5.69 Å². The fourth-order valence-electron chi connectivity index (χ4n) is 3.36. The molecule has 8 nitrogen and oxygen atoms in total. The van der Waals surface area contributed by atoms with Crippen molar-refractivity contribution in [1.82, 2.24) is 4.90 Å². The molecule has 1 fully saturated rings. The Morgan fingerprint density at radius 1 is 1.19 bits per heavy atom. The van der Waals surface area contributed by atoms with Crippen molar-refractivity contribution in [3.05, 3.63) is 68.8 Å². The van der Waals surface area contributed by atoms with Gasteiger partial charge in [-0.05, 0) is 37.1 Å². The first-order chi connectivity index (χ1) is 14.9. The minimum absolute atomic E-state index is 0.0233. The summed E-state index contributed by atoms with van der Waals surface area (Å²) in [6, 6.07) is 9.30. The molecular formula is C22H25N3O5S. The van der Waals surface area contributed by atoms with Crippen molar-refractivity contribution in [2.45, 2.75) is 20.4 Å². The number of thioether (sulfide) groups is 1. The number of anilines is 1. The maximum Gasteiger partial charge on any atom is 0.338 e. The predicted molar refractivity (Wildman–Crippen MR) is 121 cm³/mol. The molecule has 1 saturated heterocycles. The Bertz CT molecular complexity index is 989. The van der Waals surface area contributed by atoms with Crippen LogP contribution in [0.4, 0.5) is 11.4 Å². The minimum atomic E-state index is -0.710. The molecule has 0 saturated carbocycles. The van der Waals surface area contributed by atoms with Gasteiger partial charge in [-0.1, -0.05) is 12.1 Å². The molecular weight excluding hydrogens is 418 g/mol. The van der Waals surface area contributed by atoms with Gasteiger partial charge in [0.1, 0.15) is 0 Å². The van der Waals surface area contributed by atoms with Crippen molar-refractivity contribution in [1.29, 1.82) is 0 Å². The Hall–Kier alpha value is -2.91. The van der Waals surface area contributed by atoms with Crippen LogP contribution in [0.5, 0.6) is 0 Å². The van der Waals surface area contributed by atoms with Crippen molar-refractivity contribution >= 4 is 35.0 Å². The van der Waals surface area contributed by atoms with Crippen molar-refractivity contribution in [2.24, 2.45) is 0 Å². The van der Waals surface area contributed by atoms with Gasteiger partial charge in [0, 0.05) is 54.5 Å². The van der Waals surface area contributed by atoms with Crippen LogP contribution >= 0.6 is 11.8 Å². The number of nitrogens with zero attached hydrogens (tertiary/aromatic N) is 2. The number of nitro groups is 1. The number of nitro benzene ring substituents is 1. The zero-order valence-electron chi connectivity index (χ0n) is 17.6. The number of rotatable bonds is 7. The molecule has 0 radical (unpaired) electrons. The Morgan fingerprint density at radius 2 is 1.90 bits per heavy atom. The summed E-state index contributed by atoms with van der Waals surface area (Å²) in [6.07, 6.45) is 0. The molecule has 0 aliphatic carbocycles. The van der Waals surface area contributed by atoms with Gasteiger partial charge in [0.15, 0.2) is 0 Å². The van der Waals surface area contributed by atoms with E-state index in [-0.39, 0.29) is 23.4 Å². The summed E-state index contributed by atoms with van der Waals surface area (Å²) in [5.74, 6) is 0.998.